The Balaban J connectivity index is 3.10. The van der Waals surface area contributed by atoms with Gasteiger partial charge >= 0.3 is 5.97 Å². The fourth-order valence-corrected chi connectivity index (χ4v) is 1.04. The van der Waals surface area contributed by atoms with Crippen LogP contribution >= 0.6 is 11.6 Å². The quantitative estimate of drug-likeness (QED) is 0.510. The third-order valence-electron chi connectivity index (χ3n) is 1.34. The summed E-state index contributed by atoms with van der Waals surface area (Å²) in [6, 6.07) is 6.57. The Morgan fingerprint density at radius 1 is 1.62 bits per heavy atom. The van der Waals surface area contributed by atoms with Gasteiger partial charge in [0.15, 0.2) is 5.75 Å². The molecule has 0 saturated heterocycles. The van der Waals surface area contributed by atoms with Crippen molar-refractivity contribution in [1.82, 2.24) is 0 Å². The molecule has 0 amide bonds. The molecule has 4 heteroatoms. The topological polar surface area (TPSA) is 50.1 Å². The summed E-state index contributed by atoms with van der Waals surface area (Å²) in [6.07, 6.45) is 0. The van der Waals surface area contributed by atoms with Crippen molar-refractivity contribution in [1.29, 1.82) is 5.26 Å². The van der Waals surface area contributed by atoms with Crippen molar-refractivity contribution < 1.29 is 9.53 Å². The summed E-state index contributed by atoms with van der Waals surface area (Å²) in [6.45, 7) is 1.27. The molecule has 0 bridgehead atoms. The molecule has 13 heavy (non-hydrogen) atoms. The minimum absolute atomic E-state index is 0.167. The summed E-state index contributed by atoms with van der Waals surface area (Å²) in [4.78, 5) is 10.6. The summed E-state index contributed by atoms with van der Waals surface area (Å²) >= 11 is 5.75. The fraction of sp³-hybridized carbons (Fsp3) is 0.111. The molecule has 1 aromatic rings. The number of hydrogen-bond acceptors (Lipinski definition) is 3. The Labute approximate surface area is 80.5 Å². The maximum atomic E-state index is 10.6. The highest BCUT2D eigenvalue weighted by molar-refractivity contribution is 6.33. The molecular formula is C9H6ClNO2. The zero-order valence-electron chi connectivity index (χ0n) is 6.87. The highest BCUT2D eigenvalue weighted by Crippen LogP contribution is 2.27. The summed E-state index contributed by atoms with van der Waals surface area (Å²) in [5.41, 5.74) is 0.292. The van der Waals surface area contributed by atoms with Crippen molar-refractivity contribution in [3.8, 4) is 11.8 Å². The molecule has 1 rings (SSSR count). The van der Waals surface area contributed by atoms with E-state index in [1.807, 2.05) is 6.07 Å². The lowest BCUT2D eigenvalue weighted by atomic mass is 10.2. The zero-order chi connectivity index (χ0) is 9.84. The average molecular weight is 196 g/mol. The molecule has 0 heterocycles. The number of hydrogen-bond donors (Lipinski definition) is 0. The molecule has 0 aliphatic rings. The Morgan fingerprint density at radius 3 is 2.85 bits per heavy atom. The van der Waals surface area contributed by atoms with Gasteiger partial charge in [-0.2, -0.15) is 5.26 Å². The van der Waals surface area contributed by atoms with Crippen molar-refractivity contribution in [2.45, 2.75) is 6.92 Å². The average Bonchev–Trinajstić information content (AvgIpc) is 2.08. The van der Waals surface area contributed by atoms with Crippen LogP contribution in [0.1, 0.15) is 12.5 Å². The molecule has 3 nitrogen and oxygen atoms in total. The van der Waals surface area contributed by atoms with Crippen molar-refractivity contribution in [2.24, 2.45) is 0 Å². The molecule has 0 unspecified atom stereocenters. The number of carbonyl (C=O) groups is 1. The predicted octanol–water partition coefficient (Wildman–Crippen LogP) is 2.14. The van der Waals surface area contributed by atoms with Crippen LogP contribution in [0.4, 0.5) is 0 Å². The van der Waals surface area contributed by atoms with Crippen LogP contribution in [0.25, 0.3) is 0 Å². The highest BCUT2D eigenvalue weighted by Gasteiger charge is 2.07. The molecule has 1 aromatic carbocycles. The molecule has 0 aliphatic heterocycles. The van der Waals surface area contributed by atoms with Gasteiger partial charge in [-0.15, -0.1) is 0 Å². The van der Waals surface area contributed by atoms with Gasteiger partial charge in [-0.05, 0) is 12.1 Å². The first-order valence-electron chi connectivity index (χ1n) is 3.52. The standard InChI is InChI=1S/C9H6ClNO2/c1-6(12)13-8-4-2-3-7(5-11)9(8)10/h2-4H,1H3. The van der Waals surface area contributed by atoms with Crippen LogP contribution < -0.4 is 4.74 Å². The zero-order valence-corrected chi connectivity index (χ0v) is 7.63. The number of nitrogens with zero attached hydrogens (tertiary/aromatic N) is 1. The van der Waals surface area contributed by atoms with E-state index in [1.54, 1.807) is 12.1 Å². The summed E-state index contributed by atoms with van der Waals surface area (Å²) < 4.78 is 4.77. The SMILES string of the molecule is CC(=O)Oc1cccc(C#N)c1Cl. The number of benzene rings is 1. The van der Waals surface area contributed by atoms with Crippen LogP contribution in [0, 0.1) is 11.3 Å². The molecule has 0 radical (unpaired) electrons. The second-order valence-electron chi connectivity index (χ2n) is 2.32. The first-order valence-corrected chi connectivity index (χ1v) is 3.90. The lowest BCUT2D eigenvalue weighted by Gasteiger charge is -2.03. The van der Waals surface area contributed by atoms with Crippen LogP contribution in [-0.2, 0) is 4.79 Å². The van der Waals surface area contributed by atoms with E-state index in [1.165, 1.54) is 13.0 Å². The molecular weight excluding hydrogens is 190 g/mol. The number of carbonyl (C=O) groups excluding carboxylic acids is 1. The minimum atomic E-state index is -0.461. The normalized spacial score (nSPS) is 9.00. The molecule has 66 valence electrons. The fourth-order valence-electron chi connectivity index (χ4n) is 0.831. The van der Waals surface area contributed by atoms with E-state index in [0.29, 0.717) is 5.56 Å². The van der Waals surface area contributed by atoms with Crippen LogP contribution in [-0.4, -0.2) is 5.97 Å². The molecule has 0 aliphatic carbocycles. The van der Waals surface area contributed by atoms with Crippen molar-refractivity contribution in [3.63, 3.8) is 0 Å². The third-order valence-corrected chi connectivity index (χ3v) is 1.73. The van der Waals surface area contributed by atoms with E-state index >= 15 is 0 Å². The van der Waals surface area contributed by atoms with Crippen LogP contribution in [0.15, 0.2) is 18.2 Å². The van der Waals surface area contributed by atoms with Crippen molar-refractivity contribution >= 4 is 17.6 Å². The van der Waals surface area contributed by atoms with E-state index in [4.69, 9.17) is 21.6 Å². The number of halogens is 1. The number of nitriles is 1. The monoisotopic (exact) mass is 195 g/mol. The molecule has 0 N–H and O–H groups in total. The van der Waals surface area contributed by atoms with Crippen molar-refractivity contribution in [2.75, 3.05) is 0 Å². The third kappa shape index (κ3) is 2.20. The molecule has 0 spiro atoms. The van der Waals surface area contributed by atoms with Gasteiger partial charge in [-0.3, -0.25) is 4.79 Å². The smallest absolute Gasteiger partial charge is 0.308 e. The Kier molecular flexibility index (Phi) is 2.88. The van der Waals surface area contributed by atoms with Crippen LogP contribution in [0.3, 0.4) is 0 Å². The Bertz CT molecular complexity index is 382. The second kappa shape index (κ2) is 3.92. The predicted molar refractivity (Wildman–Crippen MR) is 47.5 cm³/mol. The van der Waals surface area contributed by atoms with Gasteiger partial charge in [0.2, 0.25) is 0 Å². The van der Waals surface area contributed by atoms with Gasteiger partial charge < -0.3 is 4.74 Å². The maximum Gasteiger partial charge on any atom is 0.308 e. The Morgan fingerprint density at radius 2 is 2.31 bits per heavy atom. The minimum Gasteiger partial charge on any atom is -0.425 e. The number of ether oxygens (including phenoxy) is 1. The number of rotatable bonds is 1. The molecule has 0 saturated carbocycles. The first-order chi connectivity index (χ1) is 6.15. The van der Waals surface area contributed by atoms with E-state index in [-0.39, 0.29) is 10.8 Å². The lowest BCUT2D eigenvalue weighted by Crippen LogP contribution is -2.02. The summed E-state index contributed by atoms with van der Waals surface area (Å²) in [7, 11) is 0. The highest BCUT2D eigenvalue weighted by atomic mass is 35.5. The summed E-state index contributed by atoms with van der Waals surface area (Å²) in [5, 5.41) is 8.77. The van der Waals surface area contributed by atoms with E-state index < -0.39 is 5.97 Å². The maximum absolute atomic E-state index is 10.6. The lowest BCUT2D eigenvalue weighted by molar-refractivity contribution is -0.131. The molecule has 0 atom stereocenters. The van der Waals surface area contributed by atoms with Gasteiger partial charge in [-0.1, -0.05) is 17.7 Å². The summed E-state index contributed by atoms with van der Waals surface area (Å²) in [5.74, 6) is -0.245. The van der Waals surface area contributed by atoms with E-state index in [0.717, 1.165) is 0 Å². The first kappa shape index (κ1) is 9.56. The van der Waals surface area contributed by atoms with Crippen molar-refractivity contribution in [3.05, 3.63) is 28.8 Å². The van der Waals surface area contributed by atoms with Crippen LogP contribution in [0.5, 0.6) is 5.75 Å². The van der Waals surface area contributed by atoms with Gasteiger partial charge in [-0.25, -0.2) is 0 Å². The van der Waals surface area contributed by atoms with Gasteiger partial charge in [0.1, 0.15) is 11.1 Å². The molecule has 0 fully saturated rings. The van der Waals surface area contributed by atoms with Gasteiger partial charge in [0, 0.05) is 6.92 Å². The van der Waals surface area contributed by atoms with E-state index in [9.17, 15) is 4.79 Å². The molecule has 0 aromatic heterocycles. The largest absolute Gasteiger partial charge is 0.425 e. The van der Waals surface area contributed by atoms with Crippen LogP contribution in [0.2, 0.25) is 5.02 Å². The van der Waals surface area contributed by atoms with E-state index in [2.05, 4.69) is 0 Å². The van der Waals surface area contributed by atoms with Gasteiger partial charge in [0.05, 0.1) is 5.56 Å². The van der Waals surface area contributed by atoms with Gasteiger partial charge in [0.25, 0.3) is 0 Å². The number of esters is 1. The second-order valence-corrected chi connectivity index (χ2v) is 2.70. The Hall–Kier alpha value is -1.53.